The third kappa shape index (κ3) is 3.61. The SMILES string of the molecule is Cc1ccc(N[C@@H]2c3ccccc3C[C@@H]2C(=O)OC(C)(C)C)cc1. The highest BCUT2D eigenvalue weighted by molar-refractivity contribution is 5.77. The predicted molar refractivity (Wildman–Crippen MR) is 97.0 cm³/mol. The van der Waals surface area contributed by atoms with Crippen LogP contribution in [0.1, 0.15) is 43.5 Å². The molecule has 0 unspecified atom stereocenters. The Morgan fingerprint density at radius 2 is 1.75 bits per heavy atom. The maximum atomic E-state index is 12.7. The zero-order valence-electron chi connectivity index (χ0n) is 14.8. The van der Waals surface area contributed by atoms with Gasteiger partial charge in [-0.2, -0.15) is 0 Å². The molecule has 126 valence electrons. The van der Waals surface area contributed by atoms with Gasteiger partial charge in [-0.05, 0) is 57.4 Å². The van der Waals surface area contributed by atoms with Crippen LogP contribution in [0.5, 0.6) is 0 Å². The Balaban J connectivity index is 1.88. The summed E-state index contributed by atoms with van der Waals surface area (Å²) < 4.78 is 5.66. The van der Waals surface area contributed by atoms with E-state index in [1.807, 2.05) is 32.9 Å². The van der Waals surface area contributed by atoms with Crippen LogP contribution < -0.4 is 5.32 Å². The number of ether oxygens (including phenoxy) is 1. The highest BCUT2D eigenvalue weighted by Crippen LogP contribution is 2.39. The lowest BCUT2D eigenvalue weighted by molar-refractivity contribution is -0.160. The molecule has 0 radical (unpaired) electrons. The van der Waals surface area contributed by atoms with Gasteiger partial charge in [-0.15, -0.1) is 0 Å². The van der Waals surface area contributed by atoms with E-state index >= 15 is 0 Å². The van der Waals surface area contributed by atoms with E-state index < -0.39 is 5.60 Å². The van der Waals surface area contributed by atoms with Gasteiger partial charge in [0.05, 0.1) is 12.0 Å². The summed E-state index contributed by atoms with van der Waals surface area (Å²) in [5.74, 6) is -0.341. The van der Waals surface area contributed by atoms with Crippen LogP contribution in [0.15, 0.2) is 48.5 Å². The molecule has 0 aromatic heterocycles. The molecule has 0 saturated carbocycles. The molecule has 0 fully saturated rings. The molecule has 0 amide bonds. The summed E-state index contributed by atoms with van der Waals surface area (Å²) in [6, 6.07) is 16.5. The van der Waals surface area contributed by atoms with Crippen LogP contribution in [-0.2, 0) is 16.0 Å². The summed E-state index contributed by atoms with van der Waals surface area (Å²) in [5.41, 5.74) is 4.18. The van der Waals surface area contributed by atoms with Gasteiger partial charge in [0.15, 0.2) is 0 Å². The summed E-state index contributed by atoms with van der Waals surface area (Å²) >= 11 is 0. The highest BCUT2D eigenvalue weighted by atomic mass is 16.6. The molecule has 0 saturated heterocycles. The molecule has 3 nitrogen and oxygen atoms in total. The Hall–Kier alpha value is -2.29. The number of hydrogen-bond donors (Lipinski definition) is 1. The van der Waals surface area contributed by atoms with E-state index in [0.717, 1.165) is 5.69 Å². The third-order valence-corrected chi connectivity index (χ3v) is 4.32. The number of benzene rings is 2. The molecule has 1 aliphatic rings. The van der Waals surface area contributed by atoms with Crippen LogP contribution in [0.4, 0.5) is 5.69 Å². The van der Waals surface area contributed by atoms with Gasteiger partial charge >= 0.3 is 5.97 Å². The number of rotatable bonds is 3. The molecule has 2 aromatic carbocycles. The Kier molecular flexibility index (Phi) is 4.35. The number of nitrogens with one attached hydrogen (secondary N) is 1. The van der Waals surface area contributed by atoms with Gasteiger partial charge in [-0.1, -0.05) is 42.0 Å². The number of esters is 1. The molecule has 0 spiro atoms. The summed E-state index contributed by atoms with van der Waals surface area (Å²) in [6.45, 7) is 7.80. The minimum Gasteiger partial charge on any atom is -0.460 e. The van der Waals surface area contributed by atoms with E-state index in [2.05, 4.69) is 48.6 Å². The predicted octanol–water partition coefficient (Wildman–Crippen LogP) is 4.66. The van der Waals surface area contributed by atoms with E-state index in [9.17, 15) is 4.79 Å². The molecule has 1 aliphatic carbocycles. The van der Waals surface area contributed by atoms with Crippen LogP contribution in [0, 0.1) is 12.8 Å². The second-order valence-electron chi connectivity index (χ2n) is 7.53. The Morgan fingerprint density at radius 1 is 1.08 bits per heavy atom. The van der Waals surface area contributed by atoms with Gasteiger partial charge in [-0.3, -0.25) is 4.79 Å². The fraction of sp³-hybridized carbons (Fsp3) is 0.381. The molecule has 2 atom stereocenters. The molecular weight excluding hydrogens is 298 g/mol. The number of fused-ring (bicyclic) bond motifs is 1. The number of anilines is 1. The topological polar surface area (TPSA) is 38.3 Å². The van der Waals surface area contributed by atoms with E-state index in [1.165, 1.54) is 16.7 Å². The smallest absolute Gasteiger partial charge is 0.312 e. The van der Waals surface area contributed by atoms with Crippen LogP contribution >= 0.6 is 0 Å². The third-order valence-electron chi connectivity index (χ3n) is 4.32. The van der Waals surface area contributed by atoms with Gasteiger partial charge in [0.25, 0.3) is 0 Å². The summed E-state index contributed by atoms with van der Waals surface area (Å²) in [7, 11) is 0. The minimum absolute atomic E-state index is 0.0567. The lowest BCUT2D eigenvalue weighted by Gasteiger charge is -2.26. The van der Waals surface area contributed by atoms with Crippen molar-refractivity contribution in [2.75, 3.05) is 5.32 Å². The normalized spacial score (nSPS) is 19.7. The first-order valence-corrected chi connectivity index (χ1v) is 8.47. The first kappa shape index (κ1) is 16.6. The van der Waals surface area contributed by atoms with Gasteiger partial charge in [0, 0.05) is 5.69 Å². The summed E-state index contributed by atoms with van der Waals surface area (Å²) in [5, 5.41) is 3.54. The molecule has 2 aromatic rings. The zero-order chi connectivity index (χ0) is 17.3. The molecule has 0 heterocycles. The minimum atomic E-state index is -0.472. The van der Waals surface area contributed by atoms with E-state index in [0.29, 0.717) is 6.42 Å². The van der Waals surface area contributed by atoms with E-state index in [1.54, 1.807) is 0 Å². The number of carbonyl (C=O) groups excluding carboxylic acids is 1. The monoisotopic (exact) mass is 323 g/mol. The van der Waals surface area contributed by atoms with Crippen molar-refractivity contribution in [1.82, 2.24) is 0 Å². The number of carbonyl (C=O) groups is 1. The van der Waals surface area contributed by atoms with E-state index in [-0.39, 0.29) is 17.9 Å². The van der Waals surface area contributed by atoms with Crippen LogP contribution in [0.3, 0.4) is 0 Å². The van der Waals surface area contributed by atoms with Crippen molar-refractivity contribution in [3.63, 3.8) is 0 Å². The second kappa shape index (κ2) is 6.31. The van der Waals surface area contributed by atoms with Crippen molar-refractivity contribution < 1.29 is 9.53 Å². The highest BCUT2D eigenvalue weighted by Gasteiger charge is 2.39. The average Bonchev–Trinajstić information content (AvgIpc) is 2.87. The molecule has 3 heteroatoms. The molecular formula is C21H25NO2. The average molecular weight is 323 g/mol. The van der Waals surface area contributed by atoms with Gasteiger partial charge < -0.3 is 10.1 Å². The summed E-state index contributed by atoms with van der Waals surface area (Å²) in [6.07, 6.45) is 0.717. The number of hydrogen-bond acceptors (Lipinski definition) is 3. The number of aryl methyl sites for hydroxylation is 1. The van der Waals surface area contributed by atoms with Crippen molar-refractivity contribution in [1.29, 1.82) is 0 Å². The standard InChI is InChI=1S/C21H25NO2/c1-14-9-11-16(12-10-14)22-19-17-8-6-5-7-15(17)13-18(19)20(23)24-21(2,3)4/h5-12,18-19,22H,13H2,1-4H3/t18-,19+/m0/s1. The van der Waals surface area contributed by atoms with Gasteiger partial charge in [0.2, 0.25) is 0 Å². The molecule has 1 N–H and O–H groups in total. The quantitative estimate of drug-likeness (QED) is 0.835. The molecule has 0 bridgehead atoms. The van der Waals surface area contributed by atoms with E-state index in [4.69, 9.17) is 4.74 Å². The van der Waals surface area contributed by atoms with Crippen LogP contribution in [0.25, 0.3) is 0 Å². The zero-order valence-corrected chi connectivity index (χ0v) is 14.8. The van der Waals surface area contributed by atoms with Crippen molar-refractivity contribution in [2.45, 2.75) is 45.8 Å². The first-order valence-electron chi connectivity index (χ1n) is 8.47. The molecule has 3 rings (SSSR count). The lowest BCUT2D eigenvalue weighted by atomic mass is 9.99. The van der Waals surface area contributed by atoms with Crippen molar-refractivity contribution in [3.05, 3.63) is 65.2 Å². The fourth-order valence-electron chi connectivity index (χ4n) is 3.20. The maximum Gasteiger partial charge on any atom is 0.312 e. The lowest BCUT2D eigenvalue weighted by Crippen LogP contribution is -2.32. The molecule has 0 aliphatic heterocycles. The Bertz CT molecular complexity index is 728. The Morgan fingerprint density at radius 3 is 2.42 bits per heavy atom. The largest absolute Gasteiger partial charge is 0.460 e. The van der Waals surface area contributed by atoms with Crippen molar-refractivity contribution >= 4 is 11.7 Å². The summed E-state index contributed by atoms with van der Waals surface area (Å²) in [4.78, 5) is 12.7. The van der Waals surface area contributed by atoms with Crippen molar-refractivity contribution in [2.24, 2.45) is 5.92 Å². The second-order valence-corrected chi connectivity index (χ2v) is 7.53. The van der Waals surface area contributed by atoms with Gasteiger partial charge in [0.1, 0.15) is 5.60 Å². The van der Waals surface area contributed by atoms with Crippen LogP contribution in [-0.4, -0.2) is 11.6 Å². The Labute approximate surface area is 144 Å². The van der Waals surface area contributed by atoms with Gasteiger partial charge in [-0.25, -0.2) is 0 Å². The first-order chi connectivity index (χ1) is 11.3. The van der Waals surface area contributed by atoms with Crippen LogP contribution in [0.2, 0.25) is 0 Å². The fourth-order valence-corrected chi connectivity index (χ4v) is 3.20. The van der Waals surface area contributed by atoms with Crippen molar-refractivity contribution in [3.8, 4) is 0 Å². The maximum absolute atomic E-state index is 12.7. The molecule has 24 heavy (non-hydrogen) atoms.